The Balaban J connectivity index is 0.00000109. The maximum Gasteiger partial charge on any atom is 0.225 e. The van der Waals surface area contributed by atoms with E-state index in [1.807, 2.05) is 13.8 Å². The highest BCUT2D eigenvalue weighted by molar-refractivity contribution is 5.81. The zero-order valence-corrected chi connectivity index (χ0v) is 16.4. The van der Waals surface area contributed by atoms with Gasteiger partial charge in [-0.25, -0.2) is 0 Å². The van der Waals surface area contributed by atoms with Crippen molar-refractivity contribution in [3.8, 4) is 0 Å². The molecule has 2 heterocycles. The van der Waals surface area contributed by atoms with Gasteiger partial charge in [0, 0.05) is 51.1 Å². The normalized spacial score (nSPS) is 27.9. The number of hydrogen-bond acceptors (Lipinski definition) is 4. The lowest BCUT2D eigenvalue weighted by Crippen LogP contribution is -2.53. The summed E-state index contributed by atoms with van der Waals surface area (Å²) in [5.74, 6) is 1.74. The van der Waals surface area contributed by atoms with E-state index in [0.717, 1.165) is 65.0 Å². The zero-order valence-electron chi connectivity index (χ0n) is 16.4. The summed E-state index contributed by atoms with van der Waals surface area (Å²) in [6.07, 6.45) is 4.86. The van der Waals surface area contributed by atoms with Crippen LogP contribution in [0.3, 0.4) is 0 Å². The first-order valence-electron chi connectivity index (χ1n) is 10.4. The van der Waals surface area contributed by atoms with E-state index in [1.54, 1.807) is 6.92 Å². The lowest BCUT2D eigenvalue weighted by atomic mass is 9.79. The Morgan fingerprint density at radius 1 is 0.960 bits per heavy atom. The topological polar surface area (TPSA) is 52.7 Å². The van der Waals surface area contributed by atoms with E-state index in [9.17, 15) is 9.59 Å². The van der Waals surface area contributed by atoms with Crippen molar-refractivity contribution in [3.63, 3.8) is 0 Å². The molecule has 0 atom stereocenters. The van der Waals surface area contributed by atoms with Crippen molar-refractivity contribution < 1.29 is 9.59 Å². The first-order valence-corrected chi connectivity index (χ1v) is 10.4. The van der Waals surface area contributed by atoms with Crippen LogP contribution in [0, 0.1) is 17.8 Å². The van der Waals surface area contributed by atoms with Crippen LogP contribution in [-0.4, -0.2) is 67.3 Å². The molecule has 0 aromatic heterocycles. The van der Waals surface area contributed by atoms with Crippen LogP contribution in [0.1, 0.15) is 52.9 Å². The van der Waals surface area contributed by atoms with Crippen molar-refractivity contribution >= 4 is 11.7 Å². The van der Waals surface area contributed by atoms with Gasteiger partial charge in [0.2, 0.25) is 5.91 Å². The second-order valence-electron chi connectivity index (χ2n) is 7.65. The number of rotatable bonds is 5. The fourth-order valence-electron chi connectivity index (χ4n) is 4.24. The van der Waals surface area contributed by atoms with Gasteiger partial charge in [0.15, 0.2) is 0 Å². The smallest absolute Gasteiger partial charge is 0.225 e. The van der Waals surface area contributed by atoms with Crippen LogP contribution in [0.4, 0.5) is 0 Å². The summed E-state index contributed by atoms with van der Waals surface area (Å²) in [7, 11) is 0. The number of ketones is 1. The van der Waals surface area contributed by atoms with Crippen LogP contribution in [0.2, 0.25) is 0 Å². The molecule has 0 spiro atoms. The monoisotopic (exact) mass is 351 g/mol. The lowest BCUT2D eigenvalue weighted by Gasteiger charge is -2.43. The van der Waals surface area contributed by atoms with Gasteiger partial charge in [0.1, 0.15) is 5.78 Å². The van der Waals surface area contributed by atoms with Gasteiger partial charge < -0.3 is 15.1 Å². The molecule has 1 N–H and O–H groups in total. The lowest BCUT2D eigenvalue weighted by molar-refractivity contribution is -0.144. The molecule has 1 amide bonds. The average molecular weight is 352 g/mol. The molecular weight excluding hydrogens is 314 g/mol. The van der Waals surface area contributed by atoms with E-state index in [-0.39, 0.29) is 11.8 Å². The van der Waals surface area contributed by atoms with Gasteiger partial charge >= 0.3 is 0 Å². The van der Waals surface area contributed by atoms with E-state index in [2.05, 4.69) is 15.1 Å². The number of nitrogens with zero attached hydrogens (tertiary/aromatic N) is 2. The van der Waals surface area contributed by atoms with Gasteiger partial charge in [0.25, 0.3) is 0 Å². The maximum atomic E-state index is 12.5. The zero-order chi connectivity index (χ0) is 18.2. The summed E-state index contributed by atoms with van der Waals surface area (Å²) in [5.41, 5.74) is 0. The van der Waals surface area contributed by atoms with E-state index in [0.29, 0.717) is 17.6 Å². The number of hydrogen-bond donors (Lipinski definition) is 1. The molecule has 1 saturated carbocycles. The maximum absolute atomic E-state index is 12.5. The number of nitrogens with one attached hydrogen (secondary N) is 1. The van der Waals surface area contributed by atoms with Gasteiger partial charge in [-0.1, -0.05) is 13.8 Å². The number of likely N-dealkylation sites (tertiary alicyclic amines) is 1. The third-order valence-corrected chi connectivity index (χ3v) is 5.98. The van der Waals surface area contributed by atoms with Crippen LogP contribution < -0.4 is 5.32 Å². The Bertz CT molecular complexity index is 421. The molecule has 1 aliphatic carbocycles. The SMILES string of the molecule is CC.CC(=O)C1CCC(C(=O)N2CC(CCN3CCNCC3)C2)CC1. The fourth-order valence-corrected chi connectivity index (χ4v) is 4.24. The van der Waals surface area contributed by atoms with Crippen molar-refractivity contribution in [2.75, 3.05) is 45.8 Å². The van der Waals surface area contributed by atoms with Crippen LogP contribution in [0.25, 0.3) is 0 Å². The predicted octanol–water partition coefficient (Wildman–Crippen LogP) is 2.16. The summed E-state index contributed by atoms with van der Waals surface area (Å²) >= 11 is 0. The summed E-state index contributed by atoms with van der Waals surface area (Å²) in [5, 5.41) is 3.38. The third-order valence-electron chi connectivity index (χ3n) is 5.98. The van der Waals surface area contributed by atoms with Crippen molar-refractivity contribution in [3.05, 3.63) is 0 Å². The average Bonchev–Trinajstić information content (AvgIpc) is 2.63. The van der Waals surface area contributed by atoms with Gasteiger partial charge in [-0.05, 0) is 51.5 Å². The molecule has 0 aromatic carbocycles. The van der Waals surface area contributed by atoms with Gasteiger partial charge in [0.05, 0.1) is 0 Å². The Morgan fingerprint density at radius 3 is 2.08 bits per heavy atom. The Morgan fingerprint density at radius 2 is 1.52 bits per heavy atom. The Labute approximate surface area is 153 Å². The summed E-state index contributed by atoms with van der Waals surface area (Å²) in [4.78, 5) is 28.5. The predicted molar refractivity (Wildman–Crippen MR) is 101 cm³/mol. The fraction of sp³-hybridized carbons (Fsp3) is 0.900. The number of Topliss-reactive ketones (excluding diaryl/α,β-unsaturated/α-hetero) is 1. The molecule has 144 valence electrons. The third kappa shape index (κ3) is 5.78. The number of carbonyl (C=O) groups excluding carboxylic acids is 2. The molecule has 2 saturated heterocycles. The minimum atomic E-state index is 0.180. The van der Waals surface area contributed by atoms with Crippen LogP contribution >= 0.6 is 0 Å². The number of amides is 1. The molecule has 3 fully saturated rings. The van der Waals surface area contributed by atoms with Crippen molar-refractivity contribution in [1.29, 1.82) is 0 Å². The van der Waals surface area contributed by atoms with Gasteiger partial charge in [-0.15, -0.1) is 0 Å². The van der Waals surface area contributed by atoms with Gasteiger partial charge in [-0.3, -0.25) is 9.59 Å². The molecule has 0 aromatic rings. The van der Waals surface area contributed by atoms with Crippen molar-refractivity contribution in [2.24, 2.45) is 17.8 Å². The molecule has 0 radical (unpaired) electrons. The molecule has 0 unspecified atom stereocenters. The summed E-state index contributed by atoms with van der Waals surface area (Å²) in [6, 6.07) is 0. The molecule has 25 heavy (non-hydrogen) atoms. The molecule has 2 aliphatic heterocycles. The largest absolute Gasteiger partial charge is 0.342 e. The van der Waals surface area contributed by atoms with E-state index >= 15 is 0 Å². The molecule has 5 nitrogen and oxygen atoms in total. The van der Waals surface area contributed by atoms with Crippen molar-refractivity contribution in [1.82, 2.24) is 15.1 Å². The minimum Gasteiger partial charge on any atom is -0.342 e. The number of carbonyl (C=O) groups is 2. The highest BCUT2D eigenvalue weighted by atomic mass is 16.2. The first-order chi connectivity index (χ1) is 12.1. The Kier molecular flexibility index (Phi) is 8.37. The first kappa shape index (κ1) is 20.4. The Hall–Kier alpha value is -0.940. The molecule has 3 aliphatic rings. The summed E-state index contributed by atoms with van der Waals surface area (Å²) < 4.78 is 0. The van der Waals surface area contributed by atoms with Crippen LogP contribution in [-0.2, 0) is 9.59 Å². The quantitative estimate of drug-likeness (QED) is 0.825. The summed E-state index contributed by atoms with van der Waals surface area (Å²) in [6.45, 7) is 13.3. The molecule has 0 bridgehead atoms. The minimum absolute atomic E-state index is 0.180. The van der Waals surface area contributed by atoms with E-state index in [1.165, 1.54) is 13.0 Å². The highest BCUT2D eigenvalue weighted by Crippen LogP contribution is 2.32. The molecule has 5 heteroatoms. The standard InChI is InChI=1S/C18H31N3O2.C2H6/c1-14(22)16-2-4-17(5-3-16)18(23)21-12-15(13-21)6-9-20-10-7-19-8-11-20;1-2/h15-17,19H,2-13H2,1H3;1-2H3. The van der Waals surface area contributed by atoms with E-state index in [4.69, 9.17) is 0 Å². The van der Waals surface area contributed by atoms with Gasteiger partial charge in [-0.2, -0.15) is 0 Å². The van der Waals surface area contributed by atoms with Crippen LogP contribution in [0.15, 0.2) is 0 Å². The highest BCUT2D eigenvalue weighted by Gasteiger charge is 2.36. The number of piperazine rings is 1. The van der Waals surface area contributed by atoms with E-state index < -0.39 is 0 Å². The second kappa shape index (κ2) is 10.3. The molecular formula is C20H37N3O2. The van der Waals surface area contributed by atoms with Crippen molar-refractivity contribution in [2.45, 2.75) is 52.9 Å². The second-order valence-corrected chi connectivity index (χ2v) is 7.65. The van der Waals surface area contributed by atoms with Crippen LogP contribution in [0.5, 0.6) is 0 Å². The molecule has 3 rings (SSSR count).